The monoisotopic (exact) mass is 272 g/mol. The van der Waals surface area contributed by atoms with Crippen molar-refractivity contribution in [3.05, 3.63) is 35.4 Å². The molecule has 1 aliphatic carbocycles. The molecule has 106 valence electrons. The van der Waals surface area contributed by atoms with Crippen LogP contribution in [0.1, 0.15) is 35.2 Å². The number of carbonyl (C=O) groups excluding carboxylic acids is 1. The molecule has 3 N–H and O–H groups in total. The van der Waals surface area contributed by atoms with Crippen LogP contribution in [0.4, 0.5) is 0 Å². The first kappa shape index (κ1) is 14.6. The molecule has 0 aliphatic heterocycles. The van der Waals surface area contributed by atoms with Gasteiger partial charge in [0.15, 0.2) is 0 Å². The van der Waals surface area contributed by atoms with E-state index in [0.717, 1.165) is 24.8 Å². The van der Waals surface area contributed by atoms with E-state index in [1.165, 1.54) is 0 Å². The van der Waals surface area contributed by atoms with E-state index in [1.54, 1.807) is 19.2 Å². The average Bonchev–Trinajstić information content (AvgIpc) is 2.93. The molecule has 4 nitrogen and oxygen atoms in total. The summed E-state index contributed by atoms with van der Waals surface area (Å²) in [7, 11) is 1.72. The fourth-order valence-corrected chi connectivity index (χ4v) is 2.45. The summed E-state index contributed by atoms with van der Waals surface area (Å²) in [6, 6.07) is 7.50. The third-order valence-electron chi connectivity index (χ3n) is 3.51. The van der Waals surface area contributed by atoms with Gasteiger partial charge in [0.2, 0.25) is 0 Å². The molecule has 1 amide bonds. The lowest BCUT2D eigenvalue weighted by atomic mass is 10.1. The van der Waals surface area contributed by atoms with Crippen molar-refractivity contribution in [3.63, 3.8) is 0 Å². The zero-order valence-electron chi connectivity index (χ0n) is 11.7. The number of hydrogen-bond donors (Lipinski definition) is 2. The van der Waals surface area contributed by atoms with Crippen molar-refractivity contribution in [2.45, 2.75) is 31.4 Å². The maximum Gasteiger partial charge on any atom is 0.251 e. The summed E-state index contributed by atoms with van der Waals surface area (Å²) in [6.45, 7) is 0.316. The van der Waals surface area contributed by atoms with Crippen molar-refractivity contribution in [3.8, 4) is 11.8 Å². The van der Waals surface area contributed by atoms with E-state index in [9.17, 15) is 4.79 Å². The van der Waals surface area contributed by atoms with E-state index in [-0.39, 0.29) is 18.1 Å². The summed E-state index contributed by atoms with van der Waals surface area (Å²) in [4.78, 5) is 12.2. The first-order valence-electron chi connectivity index (χ1n) is 6.85. The van der Waals surface area contributed by atoms with Gasteiger partial charge < -0.3 is 15.8 Å². The molecule has 0 heterocycles. The van der Waals surface area contributed by atoms with Gasteiger partial charge in [0.25, 0.3) is 5.91 Å². The number of benzene rings is 1. The second kappa shape index (κ2) is 7.09. The molecule has 1 fully saturated rings. The topological polar surface area (TPSA) is 64.3 Å². The normalized spacial score (nSPS) is 21.1. The van der Waals surface area contributed by atoms with Gasteiger partial charge in [-0.25, -0.2) is 0 Å². The molecule has 0 aromatic heterocycles. The number of amides is 1. The maximum absolute atomic E-state index is 12.2. The summed E-state index contributed by atoms with van der Waals surface area (Å²) in [6.07, 6.45) is 3.12. The molecule has 20 heavy (non-hydrogen) atoms. The summed E-state index contributed by atoms with van der Waals surface area (Å²) >= 11 is 0. The molecule has 0 saturated heterocycles. The predicted molar refractivity (Wildman–Crippen MR) is 78.3 cm³/mol. The zero-order chi connectivity index (χ0) is 14.4. The molecule has 2 rings (SSSR count). The Bertz CT molecular complexity index is 531. The van der Waals surface area contributed by atoms with Crippen LogP contribution >= 0.6 is 0 Å². The van der Waals surface area contributed by atoms with E-state index < -0.39 is 0 Å². The quantitative estimate of drug-likeness (QED) is 0.815. The Labute approximate surface area is 119 Å². The van der Waals surface area contributed by atoms with Gasteiger partial charge >= 0.3 is 0 Å². The van der Waals surface area contributed by atoms with Gasteiger partial charge in [-0.05, 0) is 37.5 Å². The number of hydrogen-bond acceptors (Lipinski definition) is 3. The lowest BCUT2D eigenvalue weighted by Crippen LogP contribution is -2.33. The smallest absolute Gasteiger partial charge is 0.251 e. The van der Waals surface area contributed by atoms with Gasteiger partial charge in [-0.3, -0.25) is 4.79 Å². The van der Waals surface area contributed by atoms with Crippen LogP contribution in [0.2, 0.25) is 0 Å². The van der Waals surface area contributed by atoms with Gasteiger partial charge in [-0.15, -0.1) is 0 Å². The molecule has 4 heteroatoms. The summed E-state index contributed by atoms with van der Waals surface area (Å²) in [5.41, 5.74) is 6.79. The standard InChI is InChI=1S/C16H20N2O2/c1-20-15-8-7-14(11-15)18-16(19)13-6-2-4-12(10-13)5-3-9-17/h2,4,6,10,14-15H,7-9,11,17H2,1H3,(H,18,19). The second-order valence-corrected chi connectivity index (χ2v) is 4.93. The summed E-state index contributed by atoms with van der Waals surface area (Å²) in [5, 5.41) is 3.05. The highest BCUT2D eigenvalue weighted by atomic mass is 16.5. The van der Waals surface area contributed by atoms with Crippen molar-refractivity contribution in [1.82, 2.24) is 5.32 Å². The summed E-state index contributed by atoms with van der Waals surface area (Å²) in [5.74, 6) is 5.67. The first-order valence-corrected chi connectivity index (χ1v) is 6.85. The Hall–Kier alpha value is -1.83. The van der Waals surface area contributed by atoms with Gasteiger partial charge in [0, 0.05) is 24.3 Å². The lowest BCUT2D eigenvalue weighted by molar-refractivity contribution is 0.0915. The zero-order valence-corrected chi connectivity index (χ0v) is 11.7. The Morgan fingerprint density at radius 3 is 3.05 bits per heavy atom. The van der Waals surface area contributed by atoms with Gasteiger partial charge in [-0.1, -0.05) is 17.9 Å². The molecular weight excluding hydrogens is 252 g/mol. The Kier molecular flexibility index (Phi) is 5.16. The van der Waals surface area contributed by atoms with Crippen molar-refractivity contribution >= 4 is 5.91 Å². The SMILES string of the molecule is COC1CCC(NC(=O)c2cccc(C#CCN)c2)C1. The van der Waals surface area contributed by atoms with Crippen LogP contribution in [0, 0.1) is 11.8 Å². The Balaban J connectivity index is 1.99. The third kappa shape index (κ3) is 3.83. The predicted octanol–water partition coefficient (Wildman–Crippen LogP) is 1.29. The van der Waals surface area contributed by atoms with Crippen LogP contribution in [-0.2, 0) is 4.74 Å². The summed E-state index contributed by atoms with van der Waals surface area (Å²) < 4.78 is 5.31. The highest BCUT2D eigenvalue weighted by Crippen LogP contribution is 2.21. The minimum Gasteiger partial charge on any atom is -0.381 e. The lowest BCUT2D eigenvalue weighted by Gasteiger charge is -2.13. The van der Waals surface area contributed by atoms with E-state index in [4.69, 9.17) is 10.5 Å². The van der Waals surface area contributed by atoms with Crippen molar-refractivity contribution < 1.29 is 9.53 Å². The van der Waals surface area contributed by atoms with Crippen LogP contribution < -0.4 is 11.1 Å². The maximum atomic E-state index is 12.2. The van der Waals surface area contributed by atoms with E-state index in [2.05, 4.69) is 17.2 Å². The highest BCUT2D eigenvalue weighted by Gasteiger charge is 2.25. The Morgan fingerprint density at radius 2 is 2.35 bits per heavy atom. The van der Waals surface area contributed by atoms with Crippen LogP contribution in [0.3, 0.4) is 0 Å². The molecule has 1 saturated carbocycles. The highest BCUT2D eigenvalue weighted by molar-refractivity contribution is 5.94. The molecule has 2 unspecified atom stereocenters. The first-order chi connectivity index (χ1) is 9.72. The van der Waals surface area contributed by atoms with E-state index in [0.29, 0.717) is 12.1 Å². The van der Waals surface area contributed by atoms with E-state index >= 15 is 0 Å². The molecule has 2 atom stereocenters. The number of carbonyl (C=O) groups is 1. The molecule has 0 spiro atoms. The molecule has 0 radical (unpaired) electrons. The average molecular weight is 272 g/mol. The van der Waals surface area contributed by atoms with Crippen LogP contribution in [-0.4, -0.2) is 31.7 Å². The molecule has 1 aromatic rings. The van der Waals surface area contributed by atoms with Crippen LogP contribution in [0.5, 0.6) is 0 Å². The number of rotatable bonds is 3. The number of methoxy groups -OCH3 is 1. The van der Waals surface area contributed by atoms with Gasteiger partial charge in [0.05, 0.1) is 12.6 Å². The third-order valence-corrected chi connectivity index (χ3v) is 3.51. The largest absolute Gasteiger partial charge is 0.381 e. The van der Waals surface area contributed by atoms with Crippen molar-refractivity contribution in [2.75, 3.05) is 13.7 Å². The van der Waals surface area contributed by atoms with Gasteiger partial charge in [-0.2, -0.15) is 0 Å². The molecular formula is C16H20N2O2. The van der Waals surface area contributed by atoms with Crippen molar-refractivity contribution in [1.29, 1.82) is 0 Å². The van der Waals surface area contributed by atoms with Crippen LogP contribution in [0.15, 0.2) is 24.3 Å². The van der Waals surface area contributed by atoms with Gasteiger partial charge in [0.1, 0.15) is 0 Å². The number of nitrogens with one attached hydrogen (secondary N) is 1. The Morgan fingerprint density at radius 1 is 1.50 bits per heavy atom. The fourth-order valence-electron chi connectivity index (χ4n) is 2.45. The van der Waals surface area contributed by atoms with Crippen LogP contribution in [0.25, 0.3) is 0 Å². The number of ether oxygens (including phenoxy) is 1. The minimum atomic E-state index is -0.0526. The van der Waals surface area contributed by atoms with E-state index in [1.807, 2.05) is 12.1 Å². The minimum absolute atomic E-state index is 0.0526. The molecule has 0 bridgehead atoms. The van der Waals surface area contributed by atoms with Crippen molar-refractivity contribution in [2.24, 2.45) is 5.73 Å². The second-order valence-electron chi connectivity index (χ2n) is 4.93. The molecule has 1 aromatic carbocycles. The fraction of sp³-hybridized carbons (Fsp3) is 0.438. The molecule has 1 aliphatic rings. The number of nitrogens with two attached hydrogens (primary N) is 1.